The monoisotopic (exact) mass is 358 g/mol. The number of aromatic nitrogens is 3. The van der Waals surface area contributed by atoms with Crippen LogP contribution < -0.4 is 9.64 Å². The maximum atomic E-state index is 13.5. The van der Waals surface area contributed by atoms with Crippen molar-refractivity contribution in [2.45, 2.75) is 32.3 Å². The topological polar surface area (TPSA) is 54.0 Å². The fraction of sp³-hybridized carbons (Fsp3) is 0.368. The molecule has 3 aromatic rings. The lowest BCUT2D eigenvalue weighted by Gasteiger charge is -2.17. The molecule has 0 radical (unpaired) electrons. The first kappa shape index (κ1) is 16.8. The molecule has 2 aromatic heterocycles. The number of ether oxygens (including phenoxy) is 1. The molecule has 0 bridgehead atoms. The second-order valence-electron chi connectivity index (χ2n) is 6.88. The van der Waals surface area contributed by atoms with Gasteiger partial charge < -0.3 is 9.64 Å². The van der Waals surface area contributed by atoms with Crippen molar-refractivity contribution in [2.24, 2.45) is 0 Å². The number of alkyl halides is 2. The molecular formula is C19H20F2N4O. The van der Waals surface area contributed by atoms with Crippen molar-refractivity contribution in [3.8, 4) is 17.0 Å². The molecule has 26 heavy (non-hydrogen) atoms. The van der Waals surface area contributed by atoms with Crippen LogP contribution in [0.15, 0.2) is 36.5 Å². The highest BCUT2D eigenvalue weighted by Gasteiger charge is 2.38. The summed E-state index contributed by atoms with van der Waals surface area (Å²) >= 11 is 0. The number of H-pyrrole nitrogens is 1. The number of nitrogens with zero attached hydrogens (tertiary/aromatic N) is 3. The Labute approximate surface area is 150 Å². The van der Waals surface area contributed by atoms with Gasteiger partial charge in [-0.3, -0.25) is 5.10 Å². The van der Waals surface area contributed by atoms with E-state index in [1.807, 2.05) is 44.2 Å². The quantitative estimate of drug-likeness (QED) is 0.757. The minimum atomic E-state index is -2.65. The van der Waals surface area contributed by atoms with Crippen LogP contribution in [0.25, 0.3) is 22.2 Å². The molecule has 1 fully saturated rings. The van der Waals surface area contributed by atoms with Crippen LogP contribution in [0.5, 0.6) is 5.75 Å². The Morgan fingerprint density at radius 3 is 2.81 bits per heavy atom. The van der Waals surface area contributed by atoms with Crippen molar-refractivity contribution in [3.63, 3.8) is 0 Å². The molecule has 1 aliphatic rings. The summed E-state index contributed by atoms with van der Waals surface area (Å²) in [5.74, 6) is -1.34. The molecule has 1 N–H and O–H groups in total. The van der Waals surface area contributed by atoms with Crippen molar-refractivity contribution in [1.29, 1.82) is 0 Å². The summed E-state index contributed by atoms with van der Waals surface area (Å²) in [4.78, 5) is 5.88. The van der Waals surface area contributed by atoms with Crippen LogP contribution in [-0.2, 0) is 0 Å². The number of halogens is 2. The van der Waals surface area contributed by atoms with Gasteiger partial charge in [-0.25, -0.2) is 13.8 Å². The maximum absolute atomic E-state index is 13.5. The van der Waals surface area contributed by atoms with Crippen molar-refractivity contribution in [3.05, 3.63) is 36.5 Å². The highest BCUT2D eigenvalue weighted by Crippen LogP contribution is 2.33. The standard InChI is InChI=1S/C19H20F2N4O/c1-12(2)26-14-3-4-16-15(10-14)18(24-23-16)13-5-7-22-17(9-13)25-8-6-19(20,21)11-25/h3-5,7,9-10,12H,6,8,11H2,1-2H3,(H,23,24). The molecule has 0 saturated carbocycles. The third-order valence-corrected chi connectivity index (χ3v) is 4.42. The summed E-state index contributed by atoms with van der Waals surface area (Å²) in [5.41, 5.74) is 2.48. The minimum absolute atomic E-state index is 0.0761. The predicted molar refractivity (Wildman–Crippen MR) is 96.9 cm³/mol. The Morgan fingerprint density at radius 1 is 1.23 bits per heavy atom. The van der Waals surface area contributed by atoms with E-state index in [-0.39, 0.29) is 19.1 Å². The van der Waals surface area contributed by atoms with Gasteiger partial charge in [0.15, 0.2) is 0 Å². The summed E-state index contributed by atoms with van der Waals surface area (Å²) < 4.78 is 32.8. The van der Waals surface area contributed by atoms with Gasteiger partial charge in [-0.1, -0.05) is 0 Å². The Hall–Kier alpha value is -2.70. The molecule has 0 unspecified atom stereocenters. The molecule has 1 aliphatic heterocycles. The van der Waals surface area contributed by atoms with Crippen LogP contribution in [0.3, 0.4) is 0 Å². The average Bonchev–Trinajstić information content (AvgIpc) is 3.17. The Balaban J connectivity index is 1.70. The van der Waals surface area contributed by atoms with E-state index in [2.05, 4.69) is 15.2 Å². The molecule has 136 valence electrons. The number of hydrogen-bond donors (Lipinski definition) is 1. The van der Waals surface area contributed by atoms with Gasteiger partial charge in [0.25, 0.3) is 5.92 Å². The second kappa shape index (κ2) is 6.23. The van der Waals surface area contributed by atoms with Gasteiger partial charge in [-0.05, 0) is 44.2 Å². The number of nitrogens with one attached hydrogen (secondary N) is 1. The van der Waals surface area contributed by atoms with E-state index in [9.17, 15) is 8.78 Å². The van der Waals surface area contributed by atoms with Crippen molar-refractivity contribution in [2.75, 3.05) is 18.0 Å². The SMILES string of the molecule is CC(C)Oc1ccc2[nH]nc(-c3ccnc(N4CCC(F)(F)C4)c3)c2c1. The lowest BCUT2D eigenvalue weighted by molar-refractivity contribution is 0.0256. The lowest BCUT2D eigenvalue weighted by atomic mass is 10.1. The molecule has 0 spiro atoms. The number of fused-ring (bicyclic) bond motifs is 1. The average molecular weight is 358 g/mol. The first-order chi connectivity index (χ1) is 12.4. The summed E-state index contributed by atoms with van der Waals surface area (Å²) in [6, 6.07) is 9.41. The van der Waals surface area contributed by atoms with Gasteiger partial charge in [0.1, 0.15) is 17.3 Å². The molecule has 5 nitrogen and oxygen atoms in total. The maximum Gasteiger partial charge on any atom is 0.266 e. The fourth-order valence-corrected chi connectivity index (χ4v) is 3.23. The molecule has 1 saturated heterocycles. The van der Waals surface area contributed by atoms with Crippen LogP contribution in [0.4, 0.5) is 14.6 Å². The number of hydrogen-bond acceptors (Lipinski definition) is 4. The molecule has 0 amide bonds. The first-order valence-electron chi connectivity index (χ1n) is 8.65. The summed E-state index contributed by atoms with van der Waals surface area (Å²) in [6.07, 6.45) is 1.57. The number of rotatable bonds is 4. The normalized spacial score (nSPS) is 16.6. The fourth-order valence-electron chi connectivity index (χ4n) is 3.23. The molecule has 7 heteroatoms. The van der Waals surface area contributed by atoms with E-state index in [1.54, 1.807) is 11.1 Å². The lowest BCUT2D eigenvalue weighted by Crippen LogP contribution is -2.25. The zero-order valence-electron chi connectivity index (χ0n) is 14.7. The first-order valence-corrected chi connectivity index (χ1v) is 8.65. The van der Waals surface area contributed by atoms with E-state index in [1.165, 1.54) is 0 Å². The van der Waals surface area contributed by atoms with E-state index in [4.69, 9.17) is 4.74 Å². The van der Waals surface area contributed by atoms with E-state index in [0.29, 0.717) is 12.4 Å². The molecule has 1 aromatic carbocycles. The molecule has 4 rings (SSSR count). The highest BCUT2D eigenvalue weighted by atomic mass is 19.3. The van der Waals surface area contributed by atoms with Gasteiger partial charge in [0, 0.05) is 30.1 Å². The minimum Gasteiger partial charge on any atom is -0.491 e. The summed E-state index contributed by atoms with van der Waals surface area (Å²) in [5, 5.41) is 8.34. The van der Waals surface area contributed by atoms with Gasteiger partial charge >= 0.3 is 0 Å². The van der Waals surface area contributed by atoms with Crippen LogP contribution in [-0.4, -0.2) is 40.3 Å². The highest BCUT2D eigenvalue weighted by molar-refractivity contribution is 5.94. The third-order valence-electron chi connectivity index (χ3n) is 4.42. The largest absolute Gasteiger partial charge is 0.491 e. The number of pyridine rings is 1. The molecule has 0 aliphatic carbocycles. The van der Waals surface area contributed by atoms with Crippen molar-refractivity contribution >= 4 is 16.7 Å². The molecular weight excluding hydrogens is 338 g/mol. The van der Waals surface area contributed by atoms with Crippen LogP contribution in [0.2, 0.25) is 0 Å². The zero-order valence-corrected chi connectivity index (χ0v) is 14.7. The molecule has 3 heterocycles. The van der Waals surface area contributed by atoms with Crippen molar-refractivity contribution in [1.82, 2.24) is 15.2 Å². The third kappa shape index (κ3) is 3.21. The van der Waals surface area contributed by atoms with Gasteiger partial charge in [-0.15, -0.1) is 0 Å². The van der Waals surface area contributed by atoms with Crippen LogP contribution in [0, 0.1) is 0 Å². The summed E-state index contributed by atoms with van der Waals surface area (Å²) in [7, 11) is 0. The van der Waals surface area contributed by atoms with Crippen LogP contribution in [0.1, 0.15) is 20.3 Å². The van der Waals surface area contributed by atoms with E-state index < -0.39 is 5.92 Å². The Kier molecular flexibility index (Phi) is 4.01. The number of benzene rings is 1. The zero-order chi connectivity index (χ0) is 18.3. The number of anilines is 1. The smallest absolute Gasteiger partial charge is 0.266 e. The van der Waals surface area contributed by atoms with Gasteiger partial charge in [-0.2, -0.15) is 5.10 Å². The van der Waals surface area contributed by atoms with Gasteiger partial charge in [0.05, 0.1) is 18.2 Å². The van der Waals surface area contributed by atoms with Crippen molar-refractivity contribution < 1.29 is 13.5 Å². The number of aromatic amines is 1. The van der Waals surface area contributed by atoms with E-state index >= 15 is 0 Å². The second-order valence-corrected chi connectivity index (χ2v) is 6.88. The Morgan fingerprint density at radius 2 is 2.08 bits per heavy atom. The van der Waals surface area contributed by atoms with Crippen LogP contribution >= 0.6 is 0 Å². The Bertz CT molecular complexity index is 938. The predicted octanol–water partition coefficient (Wildman–Crippen LogP) is 4.26. The van der Waals surface area contributed by atoms with Gasteiger partial charge in [0.2, 0.25) is 0 Å². The van der Waals surface area contributed by atoms with E-state index in [0.717, 1.165) is 27.9 Å². The summed E-state index contributed by atoms with van der Waals surface area (Å²) in [6.45, 7) is 3.96. The molecule has 0 atom stereocenters.